The van der Waals surface area contributed by atoms with E-state index >= 15 is 0 Å². The summed E-state index contributed by atoms with van der Waals surface area (Å²) in [5.74, 6) is -0.00120. The summed E-state index contributed by atoms with van der Waals surface area (Å²) >= 11 is 0. The van der Waals surface area contributed by atoms with Crippen molar-refractivity contribution in [2.45, 2.75) is 57.0 Å². The molecule has 0 spiro atoms. The molecule has 1 saturated carbocycles. The number of hydrogen-bond donors (Lipinski definition) is 3. The van der Waals surface area contributed by atoms with Gasteiger partial charge in [-0.2, -0.15) is 0 Å². The van der Waals surface area contributed by atoms with E-state index in [9.17, 15) is 14.4 Å². The van der Waals surface area contributed by atoms with Crippen LogP contribution in [0.4, 0.5) is 5.69 Å². The monoisotopic (exact) mass is 391 g/mol. The minimum atomic E-state index is -0.283. The lowest BCUT2D eigenvalue weighted by Gasteiger charge is -2.24. The van der Waals surface area contributed by atoms with Crippen molar-refractivity contribution in [2.24, 2.45) is 11.8 Å². The lowest BCUT2D eigenvalue weighted by molar-refractivity contribution is -0.125. The first-order chi connectivity index (χ1) is 12.6. The third kappa shape index (κ3) is 4.50. The van der Waals surface area contributed by atoms with Crippen molar-refractivity contribution in [3.05, 3.63) is 29.8 Å². The zero-order valence-corrected chi connectivity index (χ0v) is 16.0. The molecule has 0 radical (unpaired) electrons. The number of carbonyl (C=O) groups is 3. The average molecular weight is 392 g/mol. The highest BCUT2D eigenvalue weighted by Crippen LogP contribution is 2.33. The molecule has 6 nitrogen and oxygen atoms in total. The first kappa shape index (κ1) is 19.8. The molecule has 4 atom stereocenters. The molecular formula is C20H26ClN3O3. The Morgan fingerprint density at radius 1 is 1.11 bits per heavy atom. The van der Waals surface area contributed by atoms with Crippen molar-refractivity contribution < 1.29 is 14.4 Å². The van der Waals surface area contributed by atoms with E-state index in [1.54, 1.807) is 0 Å². The molecule has 3 fully saturated rings. The smallest absolute Gasteiger partial charge is 0.241 e. The molecule has 146 valence electrons. The molecule has 7 heteroatoms. The van der Waals surface area contributed by atoms with Gasteiger partial charge >= 0.3 is 0 Å². The fourth-order valence-electron chi connectivity index (χ4n) is 4.53. The van der Waals surface area contributed by atoms with Crippen LogP contribution < -0.4 is 16.0 Å². The van der Waals surface area contributed by atoms with Crippen LogP contribution in [0.2, 0.25) is 0 Å². The Labute approximate surface area is 165 Å². The number of carbonyl (C=O) groups excluding carboxylic acids is 3. The number of amides is 3. The van der Waals surface area contributed by atoms with Crippen LogP contribution in [0, 0.1) is 11.8 Å². The number of imide groups is 1. The standard InChI is InChI=1S/C20H25N3O3.ClH/c24-18-11-14(19(25)23-18)9-12-5-7-15(8-6-12)21-20(26)17-10-13-3-1-2-4-16(13)22-17;/h5-8,13-14,16-17,22H,1-4,9-11H2,(H,21,26)(H,23,24,25);1H. The minimum Gasteiger partial charge on any atom is -0.325 e. The molecule has 2 aliphatic heterocycles. The molecule has 0 aromatic heterocycles. The third-order valence-electron chi connectivity index (χ3n) is 5.95. The number of fused-ring (bicyclic) bond motifs is 1. The number of benzene rings is 1. The third-order valence-corrected chi connectivity index (χ3v) is 5.95. The summed E-state index contributed by atoms with van der Waals surface area (Å²) in [6.45, 7) is 0. The van der Waals surface area contributed by atoms with Crippen molar-refractivity contribution in [1.82, 2.24) is 10.6 Å². The van der Waals surface area contributed by atoms with E-state index in [4.69, 9.17) is 0 Å². The Balaban J connectivity index is 0.00000210. The van der Waals surface area contributed by atoms with Gasteiger partial charge in [0, 0.05) is 18.2 Å². The summed E-state index contributed by atoms with van der Waals surface area (Å²) in [4.78, 5) is 35.5. The van der Waals surface area contributed by atoms with Gasteiger partial charge in [-0.25, -0.2) is 0 Å². The predicted molar refractivity (Wildman–Crippen MR) is 105 cm³/mol. The van der Waals surface area contributed by atoms with Gasteiger partial charge in [0.1, 0.15) is 0 Å². The molecule has 1 aromatic rings. The second-order valence-corrected chi connectivity index (χ2v) is 7.81. The molecule has 3 amide bonds. The Hall–Kier alpha value is -1.92. The van der Waals surface area contributed by atoms with E-state index in [0.29, 0.717) is 18.4 Å². The minimum absolute atomic E-state index is 0. The molecule has 3 aliphatic rings. The quantitative estimate of drug-likeness (QED) is 0.686. The van der Waals surface area contributed by atoms with Gasteiger partial charge in [0.25, 0.3) is 0 Å². The molecule has 0 bridgehead atoms. The van der Waals surface area contributed by atoms with Crippen LogP contribution in [-0.4, -0.2) is 29.8 Å². The number of hydrogen-bond acceptors (Lipinski definition) is 4. The first-order valence-corrected chi connectivity index (χ1v) is 9.58. The molecule has 1 aliphatic carbocycles. The highest BCUT2D eigenvalue weighted by molar-refractivity contribution is 6.03. The van der Waals surface area contributed by atoms with Crippen LogP contribution in [0.5, 0.6) is 0 Å². The summed E-state index contributed by atoms with van der Waals surface area (Å²) in [7, 11) is 0. The maximum atomic E-state index is 12.5. The van der Waals surface area contributed by atoms with E-state index in [1.165, 1.54) is 25.7 Å². The molecule has 4 rings (SSSR count). The first-order valence-electron chi connectivity index (χ1n) is 9.58. The zero-order valence-electron chi connectivity index (χ0n) is 15.2. The fraction of sp³-hybridized carbons (Fsp3) is 0.550. The molecule has 3 N–H and O–H groups in total. The molecule has 2 saturated heterocycles. The van der Waals surface area contributed by atoms with Gasteiger partial charge in [0.2, 0.25) is 17.7 Å². The van der Waals surface area contributed by atoms with Crippen molar-refractivity contribution in [1.29, 1.82) is 0 Å². The summed E-state index contributed by atoms with van der Waals surface area (Å²) in [5, 5.41) is 8.82. The van der Waals surface area contributed by atoms with Crippen LogP contribution in [0.25, 0.3) is 0 Å². The van der Waals surface area contributed by atoms with Crippen molar-refractivity contribution in [2.75, 3.05) is 5.32 Å². The molecule has 4 unspecified atom stereocenters. The van der Waals surface area contributed by atoms with E-state index in [0.717, 1.165) is 17.7 Å². The van der Waals surface area contributed by atoms with Crippen molar-refractivity contribution in [3.8, 4) is 0 Å². The van der Waals surface area contributed by atoms with Gasteiger partial charge in [0.05, 0.1) is 12.0 Å². The molecule has 2 heterocycles. The fourth-order valence-corrected chi connectivity index (χ4v) is 4.53. The topological polar surface area (TPSA) is 87.3 Å². The summed E-state index contributed by atoms with van der Waals surface area (Å²) < 4.78 is 0. The van der Waals surface area contributed by atoms with E-state index in [2.05, 4.69) is 16.0 Å². The zero-order chi connectivity index (χ0) is 18.1. The number of nitrogens with one attached hydrogen (secondary N) is 3. The average Bonchev–Trinajstić information content (AvgIpc) is 3.19. The normalized spacial score (nSPS) is 29.6. The molecular weight excluding hydrogens is 366 g/mol. The lowest BCUT2D eigenvalue weighted by atomic mass is 9.85. The largest absolute Gasteiger partial charge is 0.325 e. The summed E-state index contributed by atoms with van der Waals surface area (Å²) in [6.07, 6.45) is 6.68. The molecule has 1 aromatic carbocycles. The number of rotatable bonds is 4. The van der Waals surface area contributed by atoms with Gasteiger partial charge in [0.15, 0.2) is 0 Å². The maximum Gasteiger partial charge on any atom is 0.241 e. The van der Waals surface area contributed by atoms with Gasteiger partial charge in [-0.15, -0.1) is 12.4 Å². The van der Waals surface area contributed by atoms with Gasteiger partial charge < -0.3 is 10.6 Å². The van der Waals surface area contributed by atoms with Gasteiger partial charge in [-0.1, -0.05) is 25.0 Å². The van der Waals surface area contributed by atoms with Crippen LogP contribution in [-0.2, 0) is 20.8 Å². The lowest BCUT2D eigenvalue weighted by Crippen LogP contribution is -2.39. The van der Waals surface area contributed by atoms with Crippen molar-refractivity contribution >= 4 is 35.8 Å². The van der Waals surface area contributed by atoms with E-state index in [1.807, 2.05) is 24.3 Å². The SMILES string of the molecule is Cl.O=C1CC(Cc2ccc(NC(=O)C3CC4CCCCC4N3)cc2)C(=O)N1. The highest BCUT2D eigenvalue weighted by Gasteiger charge is 2.38. The summed E-state index contributed by atoms with van der Waals surface area (Å²) in [5.41, 5.74) is 1.75. The molecule has 27 heavy (non-hydrogen) atoms. The van der Waals surface area contributed by atoms with Gasteiger partial charge in [-0.3, -0.25) is 19.7 Å². The highest BCUT2D eigenvalue weighted by atomic mass is 35.5. The summed E-state index contributed by atoms with van der Waals surface area (Å²) in [6, 6.07) is 7.95. The van der Waals surface area contributed by atoms with Crippen LogP contribution in [0.1, 0.15) is 44.1 Å². The second-order valence-electron chi connectivity index (χ2n) is 7.81. The number of halogens is 1. The Bertz CT molecular complexity index is 708. The van der Waals surface area contributed by atoms with Crippen LogP contribution >= 0.6 is 12.4 Å². The van der Waals surface area contributed by atoms with Crippen LogP contribution in [0.3, 0.4) is 0 Å². The van der Waals surface area contributed by atoms with E-state index in [-0.39, 0.29) is 48.5 Å². The second kappa shape index (κ2) is 8.40. The predicted octanol–water partition coefficient (Wildman–Crippen LogP) is 2.17. The van der Waals surface area contributed by atoms with Crippen LogP contribution in [0.15, 0.2) is 24.3 Å². The maximum absolute atomic E-state index is 12.5. The Morgan fingerprint density at radius 3 is 2.52 bits per heavy atom. The Morgan fingerprint density at radius 2 is 1.85 bits per heavy atom. The van der Waals surface area contributed by atoms with Gasteiger partial charge in [-0.05, 0) is 49.3 Å². The van der Waals surface area contributed by atoms with E-state index < -0.39 is 0 Å². The Kier molecular flexibility index (Phi) is 6.17. The van der Waals surface area contributed by atoms with Crippen molar-refractivity contribution in [3.63, 3.8) is 0 Å². The number of anilines is 1.